The summed E-state index contributed by atoms with van der Waals surface area (Å²) in [6.45, 7) is 1.62. The van der Waals surface area contributed by atoms with Gasteiger partial charge in [0.1, 0.15) is 11.9 Å². The molecule has 2 N–H and O–H groups in total. The van der Waals surface area contributed by atoms with Gasteiger partial charge in [-0.15, -0.1) is 0 Å². The molecule has 1 atom stereocenters. The van der Waals surface area contributed by atoms with E-state index >= 15 is 0 Å². The van der Waals surface area contributed by atoms with Crippen molar-refractivity contribution in [3.8, 4) is 0 Å². The molecule has 0 aliphatic heterocycles. The lowest BCUT2D eigenvalue weighted by Gasteiger charge is -2.12. The molecule has 0 aromatic heterocycles. The number of hydrogen-bond donors (Lipinski definition) is 2. The van der Waals surface area contributed by atoms with Gasteiger partial charge >= 0.3 is 11.9 Å². The molecule has 0 aliphatic rings. The van der Waals surface area contributed by atoms with Crippen LogP contribution in [0.3, 0.4) is 0 Å². The van der Waals surface area contributed by atoms with Crippen molar-refractivity contribution in [1.82, 2.24) is 5.32 Å². The van der Waals surface area contributed by atoms with E-state index in [4.69, 9.17) is 5.11 Å². The Morgan fingerprint density at radius 2 is 2.17 bits per heavy atom. The third kappa shape index (κ3) is 3.53. The minimum atomic E-state index is -1.13. The molecule has 5 nitrogen and oxygen atoms in total. The maximum absolute atomic E-state index is 13.4. The fourth-order valence-corrected chi connectivity index (χ4v) is 1.37. The van der Waals surface area contributed by atoms with E-state index in [1.54, 1.807) is 6.92 Å². The number of carbonyl (C=O) groups excluding carboxylic acids is 1. The molecular weight excluding hydrogens is 241 g/mol. The third-order valence-corrected chi connectivity index (χ3v) is 2.45. The minimum Gasteiger partial charge on any atom is -0.478 e. The van der Waals surface area contributed by atoms with E-state index in [9.17, 15) is 14.0 Å². The predicted molar refractivity (Wildman–Crippen MR) is 61.7 cm³/mol. The molecule has 0 amide bonds. The first-order valence-corrected chi connectivity index (χ1v) is 5.28. The zero-order valence-corrected chi connectivity index (χ0v) is 10.1. The fraction of sp³-hybridized carbons (Fsp3) is 0.333. The molecule has 0 bridgehead atoms. The second-order valence-corrected chi connectivity index (χ2v) is 3.74. The summed E-state index contributed by atoms with van der Waals surface area (Å²) in [5.41, 5.74) is 0.185. The normalized spacial score (nSPS) is 11.9. The van der Waals surface area contributed by atoms with Gasteiger partial charge in [-0.25, -0.2) is 9.18 Å². The highest BCUT2D eigenvalue weighted by atomic mass is 19.1. The lowest BCUT2D eigenvalue weighted by Crippen LogP contribution is -2.34. The molecule has 6 heteroatoms. The largest absolute Gasteiger partial charge is 0.478 e. The molecular formula is C12H14FNO4. The van der Waals surface area contributed by atoms with Crippen molar-refractivity contribution in [2.45, 2.75) is 19.5 Å². The monoisotopic (exact) mass is 255 g/mol. The van der Waals surface area contributed by atoms with Gasteiger partial charge < -0.3 is 15.2 Å². The molecule has 0 saturated carbocycles. The predicted octanol–water partition coefficient (Wildman–Crippen LogP) is 1.17. The Kier molecular flexibility index (Phi) is 4.79. The quantitative estimate of drug-likeness (QED) is 0.772. The zero-order valence-electron chi connectivity index (χ0n) is 10.1. The first kappa shape index (κ1) is 14.1. The van der Waals surface area contributed by atoms with Gasteiger partial charge in [0.25, 0.3) is 0 Å². The van der Waals surface area contributed by atoms with Crippen molar-refractivity contribution in [3.63, 3.8) is 0 Å². The number of nitrogens with one attached hydrogen (secondary N) is 1. The van der Waals surface area contributed by atoms with E-state index < -0.39 is 23.8 Å². The Bertz CT molecular complexity index is 461. The van der Waals surface area contributed by atoms with Crippen LogP contribution in [0.1, 0.15) is 22.8 Å². The number of ether oxygens (including phenoxy) is 1. The second-order valence-electron chi connectivity index (χ2n) is 3.74. The van der Waals surface area contributed by atoms with Crippen LogP contribution in [0.15, 0.2) is 18.2 Å². The Hall–Kier alpha value is -1.95. The minimum absolute atomic E-state index is 0.000999. The Balaban J connectivity index is 2.75. The number of carboxylic acids is 1. The molecule has 0 saturated heterocycles. The van der Waals surface area contributed by atoms with Gasteiger partial charge in [0.15, 0.2) is 0 Å². The Morgan fingerprint density at radius 3 is 2.72 bits per heavy atom. The number of carbonyl (C=O) groups is 2. The van der Waals surface area contributed by atoms with Gasteiger partial charge in [0, 0.05) is 12.1 Å². The SMILES string of the molecule is COC(=O)C(C)NCc1cc(C(=O)O)ccc1F. The van der Waals surface area contributed by atoms with Gasteiger partial charge in [-0.05, 0) is 25.1 Å². The van der Waals surface area contributed by atoms with Crippen LogP contribution in [0.2, 0.25) is 0 Å². The van der Waals surface area contributed by atoms with Gasteiger partial charge in [-0.1, -0.05) is 0 Å². The number of hydrogen-bond acceptors (Lipinski definition) is 4. The van der Waals surface area contributed by atoms with Crippen LogP contribution < -0.4 is 5.32 Å². The highest BCUT2D eigenvalue weighted by Gasteiger charge is 2.14. The zero-order chi connectivity index (χ0) is 13.7. The van der Waals surface area contributed by atoms with E-state index in [-0.39, 0.29) is 17.7 Å². The number of aromatic carboxylic acids is 1. The van der Waals surface area contributed by atoms with E-state index in [2.05, 4.69) is 10.1 Å². The van der Waals surface area contributed by atoms with Crippen LogP contribution in [0.4, 0.5) is 4.39 Å². The van der Waals surface area contributed by atoms with Crippen LogP contribution in [0, 0.1) is 5.82 Å². The summed E-state index contributed by atoms with van der Waals surface area (Å²) < 4.78 is 17.9. The summed E-state index contributed by atoms with van der Waals surface area (Å²) in [4.78, 5) is 21.9. The average molecular weight is 255 g/mol. The summed E-state index contributed by atoms with van der Waals surface area (Å²) >= 11 is 0. The number of halogens is 1. The number of carboxylic acid groups (broad SMARTS) is 1. The van der Waals surface area contributed by atoms with Gasteiger partial charge in [0.2, 0.25) is 0 Å². The molecule has 18 heavy (non-hydrogen) atoms. The van der Waals surface area contributed by atoms with Crippen LogP contribution in [-0.4, -0.2) is 30.2 Å². The Labute approximate surface area is 104 Å². The molecule has 0 spiro atoms. The average Bonchev–Trinajstić information content (AvgIpc) is 2.36. The lowest BCUT2D eigenvalue weighted by molar-refractivity contribution is -0.142. The number of esters is 1. The van der Waals surface area contributed by atoms with Crippen LogP contribution in [0.5, 0.6) is 0 Å². The molecule has 1 aromatic carbocycles. The van der Waals surface area contributed by atoms with Gasteiger partial charge in [-0.3, -0.25) is 4.79 Å². The van der Waals surface area contributed by atoms with E-state index in [0.717, 1.165) is 6.07 Å². The first-order valence-electron chi connectivity index (χ1n) is 5.28. The summed E-state index contributed by atoms with van der Waals surface area (Å²) in [6, 6.07) is 2.91. The summed E-state index contributed by atoms with van der Waals surface area (Å²) in [5, 5.41) is 11.5. The van der Waals surface area contributed by atoms with E-state index in [0.29, 0.717) is 0 Å². The molecule has 0 fully saturated rings. The standard InChI is InChI=1S/C12H14FNO4/c1-7(12(17)18-2)14-6-9-5-8(11(15)16)3-4-10(9)13/h3-5,7,14H,6H2,1-2H3,(H,15,16). The fourth-order valence-electron chi connectivity index (χ4n) is 1.37. The molecule has 0 radical (unpaired) electrons. The smallest absolute Gasteiger partial charge is 0.335 e. The highest BCUT2D eigenvalue weighted by Crippen LogP contribution is 2.11. The topological polar surface area (TPSA) is 75.6 Å². The number of rotatable bonds is 5. The van der Waals surface area contributed by atoms with Crippen molar-refractivity contribution >= 4 is 11.9 Å². The Morgan fingerprint density at radius 1 is 1.50 bits per heavy atom. The molecule has 98 valence electrons. The highest BCUT2D eigenvalue weighted by molar-refractivity contribution is 5.87. The molecule has 1 rings (SSSR count). The van der Waals surface area contributed by atoms with Crippen molar-refractivity contribution in [2.24, 2.45) is 0 Å². The molecule has 0 aliphatic carbocycles. The molecule has 1 unspecified atom stereocenters. The molecule has 0 heterocycles. The molecule has 1 aromatic rings. The number of methoxy groups -OCH3 is 1. The van der Waals surface area contributed by atoms with Crippen LogP contribution in [-0.2, 0) is 16.1 Å². The van der Waals surface area contributed by atoms with Crippen molar-refractivity contribution in [1.29, 1.82) is 0 Å². The maximum Gasteiger partial charge on any atom is 0.335 e. The maximum atomic E-state index is 13.4. The number of benzene rings is 1. The van der Waals surface area contributed by atoms with Crippen molar-refractivity contribution < 1.29 is 23.8 Å². The van der Waals surface area contributed by atoms with Crippen LogP contribution in [0.25, 0.3) is 0 Å². The van der Waals surface area contributed by atoms with Crippen LogP contribution >= 0.6 is 0 Å². The van der Waals surface area contributed by atoms with Gasteiger partial charge in [-0.2, -0.15) is 0 Å². The summed E-state index contributed by atoms with van der Waals surface area (Å²) in [6.07, 6.45) is 0. The van der Waals surface area contributed by atoms with Gasteiger partial charge in [0.05, 0.1) is 12.7 Å². The summed E-state index contributed by atoms with van der Waals surface area (Å²) in [5.74, 6) is -2.12. The summed E-state index contributed by atoms with van der Waals surface area (Å²) in [7, 11) is 1.26. The second kappa shape index (κ2) is 6.11. The third-order valence-electron chi connectivity index (χ3n) is 2.45. The first-order chi connectivity index (χ1) is 8.45. The van der Waals surface area contributed by atoms with E-state index in [1.165, 1.54) is 19.2 Å². The van der Waals surface area contributed by atoms with Crippen molar-refractivity contribution in [2.75, 3.05) is 7.11 Å². The van der Waals surface area contributed by atoms with E-state index in [1.807, 2.05) is 0 Å². The van der Waals surface area contributed by atoms with Crippen molar-refractivity contribution in [3.05, 3.63) is 35.1 Å². The lowest BCUT2D eigenvalue weighted by atomic mass is 10.1.